The third-order valence-corrected chi connectivity index (χ3v) is 3.85. The van der Waals surface area contributed by atoms with Crippen molar-refractivity contribution in [2.75, 3.05) is 12.3 Å². The Bertz CT molecular complexity index is 547. The Morgan fingerprint density at radius 2 is 2.09 bits per heavy atom. The molecule has 1 atom stereocenters. The van der Waals surface area contributed by atoms with E-state index < -0.39 is 5.60 Å². The van der Waals surface area contributed by atoms with Crippen LogP contribution < -0.4 is 5.73 Å². The van der Waals surface area contributed by atoms with Crippen molar-refractivity contribution >= 4 is 11.8 Å². The highest BCUT2D eigenvalue weighted by molar-refractivity contribution is 5.70. The molecule has 0 saturated heterocycles. The molecule has 1 amide bonds. The summed E-state index contributed by atoms with van der Waals surface area (Å²) >= 11 is 0. The zero-order valence-electron chi connectivity index (χ0n) is 14.3. The van der Waals surface area contributed by atoms with Gasteiger partial charge < -0.3 is 15.4 Å². The monoisotopic (exact) mass is 304 g/mol. The summed E-state index contributed by atoms with van der Waals surface area (Å²) < 4.78 is 5.59. The maximum absolute atomic E-state index is 12.6. The Hall–Kier alpha value is -1.71. The Morgan fingerprint density at radius 3 is 2.68 bits per heavy atom. The van der Waals surface area contributed by atoms with Gasteiger partial charge in [0.15, 0.2) is 0 Å². The largest absolute Gasteiger partial charge is 0.444 e. The molecule has 4 heteroatoms. The highest BCUT2D eigenvalue weighted by Gasteiger charge is 2.33. The van der Waals surface area contributed by atoms with E-state index in [-0.39, 0.29) is 12.1 Å². The number of ether oxygens (including phenoxy) is 1. The van der Waals surface area contributed by atoms with E-state index >= 15 is 0 Å². The second kappa shape index (κ2) is 6.19. The number of benzene rings is 1. The predicted octanol–water partition coefficient (Wildman–Crippen LogP) is 4.15. The number of carbonyl (C=O) groups excluding carboxylic acids is 1. The maximum Gasteiger partial charge on any atom is 0.410 e. The van der Waals surface area contributed by atoms with Crippen LogP contribution in [0.15, 0.2) is 18.2 Å². The van der Waals surface area contributed by atoms with Gasteiger partial charge in [-0.1, -0.05) is 19.9 Å². The number of rotatable bonds is 2. The summed E-state index contributed by atoms with van der Waals surface area (Å²) in [5.74, 6) is 0.488. The molecular weight excluding hydrogens is 276 g/mol. The maximum atomic E-state index is 12.6. The fourth-order valence-corrected chi connectivity index (χ4v) is 2.96. The second-order valence-corrected chi connectivity index (χ2v) is 7.53. The SMILES string of the molecule is CC(C)CC1c2cc(N)ccc2CCN1C(=O)OC(C)(C)C. The summed E-state index contributed by atoms with van der Waals surface area (Å²) in [4.78, 5) is 14.4. The molecule has 0 aliphatic carbocycles. The summed E-state index contributed by atoms with van der Waals surface area (Å²) in [6.07, 6.45) is 1.53. The lowest BCUT2D eigenvalue weighted by Crippen LogP contribution is -2.43. The topological polar surface area (TPSA) is 55.6 Å². The van der Waals surface area contributed by atoms with Crippen molar-refractivity contribution in [1.29, 1.82) is 0 Å². The highest BCUT2D eigenvalue weighted by Crippen LogP contribution is 2.36. The van der Waals surface area contributed by atoms with Gasteiger partial charge in [-0.05, 0) is 62.8 Å². The molecule has 0 saturated carbocycles. The summed E-state index contributed by atoms with van der Waals surface area (Å²) in [5.41, 5.74) is 8.70. The van der Waals surface area contributed by atoms with E-state index in [1.807, 2.05) is 37.8 Å². The Balaban J connectivity index is 2.32. The first-order valence-corrected chi connectivity index (χ1v) is 8.05. The van der Waals surface area contributed by atoms with Crippen LogP contribution in [0.3, 0.4) is 0 Å². The minimum atomic E-state index is -0.477. The van der Waals surface area contributed by atoms with Crippen LogP contribution in [0.25, 0.3) is 0 Å². The molecule has 122 valence electrons. The molecule has 1 aromatic carbocycles. The van der Waals surface area contributed by atoms with Crippen molar-refractivity contribution in [1.82, 2.24) is 4.90 Å². The number of hydrogen-bond acceptors (Lipinski definition) is 3. The van der Waals surface area contributed by atoms with E-state index in [4.69, 9.17) is 10.5 Å². The first-order valence-electron chi connectivity index (χ1n) is 8.05. The zero-order valence-corrected chi connectivity index (χ0v) is 14.3. The van der Waals surface area contributed by atoms with E-state index in [9.17, 15) is 4.79 Å². The fourth-order valence-electron chi connectivity index (χ4n) is 2.96. The van der Waals surface area contributed by atoms with Crippen molar-refractivity contribution in [2.24, 2.45) is 5.92 Å². The van der Waals surface area contributed by atoms with Crippen LogP contribution in [0.5, 0.6) is 0 Å². The molecule has 1 aliphatic rings. The second-order valence-electron chi connectivity index (χ2n) is 7.53. The first-order chi connectivity index (χ1) is 10.2. The normalized spacial score (nSPS) is 18.3. The molecule has 4 nitrogen and oxygen atoms in total. The molecule has 1 heterocycles. The van der Waals surface area contributed by atoms with Crippen LogP contribution in [0.2, 0.25) is 0 Å². The van der Waals surface area contributed by atoms with Gasteiger partial charge in [-0.15, -0.1) is 0 Å². The van der Waals surface area contributed by atoms with Gasteiger partial charge in [0.25, 0.3) is 0 Å². The molecule has 1 aromatic rings. The average Bonchev–Trinajstić information content (AvgIpc) is 2.36. The van der Waals surface area contributed by atoms with Crippen LogP contribution in [0.1, 0.15) is 58.2 Å². The standard InChI is InChI=1S/C18H28N2O2/c1-12(2)10-16-15-11-14(19)7-6-13(15)8-9-20(16)17(21)22-18(3,4)5/h6-7,11-12,16H,8-10,19H2,1-5H3. The zero-order chi connectivity index (χ0) is 16.5. The lowest BCUT2D eigenvalue weighted by atomic mass is 9.87. The highest BCUT2D eigenvalue weighted by atomic mass is 16.6. The smallest absolute Gasteiger partial charge is 0.410 e. The lowest BCUT2D eigenvalue weighted by molar-refractivity contribution is 0.0120. The van der Waals surface area contributed by atoms with Crippen LogP contribution in [0.4, 0.5) is 10.5 Å². The summed E-state index contributed by atoms with van der Waals surface area (Å²) in [6.45, 7) is 10.7. The van der Waals surface area contributed by atoms with Crippen LogP contribution >= 0.6 is 0 Å². The van der Waals surface area contributed by atoms with E-state index in [1.54, 1.807) is 0 Å². The number of amides is 1. The molecule has 0 radical (unpaired) electrons. The molecule has 0 bridgehead atoms. The van der Waals surface area contributed by atoms with E-state index in [0.29, 0.717) is 12.5 Å². The Morgan fingerprint density at radius 1 is 1.41 bits per heavy atom. The van der Waals surface area contributed by atoms with Gasteiger partial charge in [-0.3, -0.25) is 0 Å². The minimum Gasteiger partial charge on any atom is -0.444 e. The van der Waals surface area contributed by atoms with E-state index in [2.05, 4.69) is 19.9 Å². The van der Waals surface area contributed by atoms with Gasteiger partial charge >= 0.3 is 6.09 Å². The fraction of sp³-hybridized carbons (Fsp3) is 0.611. The minimum absolute atomic E-state index is 0.0436. The molecule has 0 spiro atoms. The number of nitrogens with two attached hydrogens (primary N) is 1. The summed E-state index contributed by atoms with van der Waals surface area (Å²) in [6, 6.07) is 6.08. The molecule has 1 aliphatic heterocycles. The van der Waals surface area contributed by atoms with E-state index in [1.165, 1.54) is 11.1 Å². The molecule has 22 heavy (non-hydrogen) atoms. The van der Waals surface area contributed by atoms with Crippen LogP contribution in [0, 0.1) is 5.92 Å². The molecule has 2 N–H and O–H groups in total. The molecule has 2 rings (SSSR count). The van der Waals surface area contributed by atoms with E-state index in [0.717, 1.165) is 18.5 Å². The molecule has 0 fully saturated rings. The van der Waals surface area contributed by atoms with Gasteiger partial charge in [0, 0.05) is 12.2 Å². The summed E-state index contributed by atoms with van der Waals surface area (Å²) in [5, 5.41) is 0. The van der Waals surface area contributed by atoms with Crippen molar-refractivity contribution < 1.29 is 9.53 Å². The number of nitrogen functional groups attached to an aromatic ring is 1. The van der Waals surface area contributed by atoms with Gasteiger partial charge in [-0.2, -0.15) is 0 Å². The average molecular weight is 304 g/mol. The Labute approximate surface area is 133 Å². The number of hydrogen-bond donors (Lipinski definition) is 1. The third kappa shape index (κ3) is 3.93. The lowest BCUT2D eigenvalue weighted by Gasteiger charge is -2.39. The number of anilines is 1. The van der Waals surface area contributed by atoms with Gasteiger partial charge in [0.1, 0.15) is 5.60 Å². The number of carbonyl (C=O) groups is 1. The molecular formula is C18H28N2O2. The molecule has 0 aromatic heterocycles. The van der Waals surface area contributed by atoms with Crippen LogP contribution in [-0.2, 0) is 11.2 Å². The number of nitrogens with zero attached hydrogens (tertiary/aromatic N) is 1. The van der Waals surface area contributed by atoms with Crippen LogP contribution in [-0.4, -0.2) is 23.1 Å². The first kappa shape index (κ1) is 16.7. The van der Waals surface area contributed by atoms with Crippen molar-refractivity contribution in [2.45, 2.75) is 59.1 Å². The quantitative estimate of drug-likeness (QED) is 0.835. The van der Waals surface area contributed by atoms with Gasteiger partial charge in [0.05, 0.1) is 6.04 Å². The Kier molecular flexibility index (Phi) is 4.69. The molecule has 1 unspecified atom stereocenters. The third-order valence-electron chi connectivity index (χ3n) is 3.85. The predicted molar refractivity (Wildman–Crippen MR) is 89.7 cm³/mol. The van der Waals surface area contributed by atoms with Gasteiger partial charge in [-0.25, -0.2) is 4.79 Å². The van der Waals surface area contributed by atoms with Crippen molar-refractivity contribution in [3.8, 4) is 0 Å². The number of fused-ring (bicyclic) bond motifs is 1. The summed E-state index contributed by atoms with van der Waals surface area (Å²) in [7, 11) is 0. The van der Waals surface area contributed by atoms with Crippen molar-refractivity contribution in [3.05, 3.63) is 29.3 Å². The van der Waals surface area contributed by atoms with Gasteiger partial charge in [0.2, 0.25) is 0 Å². The van der Waals surface area contributed by atoms with Crippen molar-refractivity contribution in [3.63, 3.8) is 0 Å².